The van der Waals surface area contributed by atoms with Gasteiger partial charge in [0.1, 0.15) is 5.60 Å². The molecule has 1 spiro atoms. The number of carbonyl (C=O) groups excluding carboxylic acids is 1. The van der Waals surface area contributed by atoms with E-state index >= 15 is 0 Å². The van der Waals surface area contributed by atoms with Crippen molar-refractivity contribution in [3.8, 4) is 0 Å². The lowest BCUT2D eigenvalue weighted by Crippen LogP contribution is -2.51. The van der Waals surface area contributed by atoms with Crippen molar-refractivity contribution in [1.82, 2.24) is 0 Å². The largest absolute Gasteiger partial charge is 0.481 e. The number of aliphatic hydroxyl groups is 1. The minimum Gasteiger partial charge on any atom is -0.481 e. The van der Waals surface area contributed by atoms with E-state index in [0.29, 0.717) is 18.8 Å². The van der Waals surface area contributed by atoms with Gasteiger partial charge in [0.2, 0.25) is 0 Å². The SMILES string of the molecule is C=C1C[C@]23C[C@H]1CC[C@H]2[C@@]12C[C@@H](O)C[C@@](C)(C(=O)O1)[C@H]2[C@@H]3C(=O)O. The number of esters is 1. The summed E-state index contributed by atoms with van der Waals surface area (Å²) >= 11 is 0. The Bertz CT molecular complexity index is 685. The van der Waals surface area contributed by atoms with Gasteiger partial charge in [0.05, 0.1) is 17.4 Å². The molecule has 24 heavy (non-hydrogen) atoms. The predicted octanol–water partition coefficient (Wildman–Crippen LogP) is 2.14. The predicted molar refractivity (Wildman–Crippen MR) is 83.8 cm³/mol. The van der Waals surface area contributed by atoms with Gasteiger partial charge < -0.3 is 14.9 Å². The summed E-state index contributed by atoms with van der Waals surface area (Å²) in [5.74, 6) is -1.56. The molecule has 5 fully saturated rings. The lowest BCUT2D eigenvalue weighted by Gasteiger charge is -2.44. The highest BCUT2D eigenvalue weighted by Crippen LogP contribution is 2.77. The van der Waals surface area contributed by atoms with Gasteiger partial charge in [-0.3, -0.25) is 9.59 Å². The number of carboxylic acid groups (broad SMARTS) is 1. The fraction of sp³-hybridized carbons (Fsp3) is 0.789. The van der Waals surface area contributed by atoms with E-state index in [1.165, 1.54) is 5.57 Å². The van der Waals surface area contributed by atoms with Crippen molar-refractivity contribution in [3.05, 3.63) is 12.2 Å². The molecule has 8 atom stereocenters. The van der Waals surface area contributed by atoms with E-state index in [-0.39, 0.29) is 23.2 Å². The Kier molecular flexibility index (Phi) is 2.53. The number of hydrogen-bond donors (Lipinski definition) is 2. The molecule has 0 aromatic heterocycles. The van der Waals surface area contributed by atoms with Crippen LogP contribution < -0.4 is 0 Å². The number of carbonyl (C=O) groups is 2. The Hall–Kier alpha value is -1.36. The van der Waals surface area contributed by atoms with Gasteiger partial charge in [-0.15, -0.1) is 0 Å². The molecule has 5 rings (SSSR count). The average Bonchev–Trinajstić information content (AvgIpc) is 2.92. The lowest BCUT2D eigenvalue weighted by molar-refractivity contribution is -0.161. The van der Waals surface area contributed by atoms with Gasteiger partial charge in [-0.05, 0) is 50.4 Å². The van der Waals surface area contributed by atoms with E-state index in [9.17, 15) is 19.8 Å². The van der Waals surface area contributed by atoms with Gasteiger partial charge in [0, 0.05) is 18.3 Å². The first-order valence-electron chi connectivity index (χ1n) is 9.06. The highest BCUT2D eigenvalue weighted by Gasteiger charge is 2.82. The second-order valence-electron chi connectivity index (χ2n) is 9.22. The van der Waals surface area contributed by atoms with Crippen molar-refractivity contribution >= 4 is 11.9 Å². The van der Waals surface area contributed by atoms with Gasteiger partial charge in [-0.25, -0.2) is 0 Å². The van der Waals surface area contributed by atoms with Crippen molar-refractivity contribution in [3.63, 3.8) is 0 Å². The molecule has 0 unspecified atom stereocenters. The average molecular weight is 332 g/mol. The summed E-state index contributed by atoms with van der Waals surface area (Å²) in [6, 6.07) is 0. The van der Waals surface area contributed by atoms with Crippen molar-refractivity contribution in [1.29, 1.82) is 0 Å². The second-order valence-corrected chi connectivity index (χ2v) is 9.22. The van der Waals surface area contributed by atoms with Crippen molar-refractivity contribution in [2.24, 2.45) is 34.5 Å². The first-order valence-corrected chi connectivity index (χ1v) is 9.06. The van der Waals surface area contributed by atoms with E-state index in [1.807, 2.05) is 6.92 Å². The number of aliphatic hydroxyl groups excluding tert-OH is 1. The summed E-state index contributed by atoms with van der Waals surface area (Å²) < 4.78 is 6.01. The molecule has 1 aliphatic heterocycles. The second kappa shape index (κ2) is 4.06. The quantitative estimate of drug-likeness (QED) is 0.568. The maximum absolute atomic E-state index is 12.7. The molecule has 0 aromatic carbocycles. The van der Waals surface area contributed by atoms with Crippen LogP contribution in [0, 0.1) is 34.5 Å². The molecule has 4 aliphatic carbocycles. The molecule has 0 aromatic rings. The molecule has 4 bridgehead atoms. The summed E-state index contributed by atoms with van der Waals surface area (Å²) in [6.45, 7) is 6.03. The third-order valence-electron chi connectivity index (χ3n) is 8.24. The topological polar surface area (TPSA) is 83.8 Å². The van der Waals surface area contributed by atoms with E-state index in [4.69, 9.17) is 4.74 Å². The zero-order chi connectivity index (χ0) is 17.1. The van der Waals surface area contributed by atoms with Crippen LogP contribution in [0.4, 0.5) is 0 Å². The Labute approximate surface area is 141 Å². The zero-order valence-electron chi connectivity index (χ0n) is 14.0. The van der Waals surface area contributed by atoms with Gasteiger partial charge in [-0.1, -0.05) is 12.2 Å². The molecular weight excluding hydrogens is 308 g/mol. The molecule has 5 heteroatoms. The van der Waals surface area contributed by atoms with Crippen molar-refractivity contribution in [2.75, 3.05) is 0 Å². The smallest absolute Gasteiger partial charge is 0.312 e. The van der Waals surface area contributed by atoms with Crippen LogP contribution in [0.25, 0.3) is 0 Å². The van der Waals surface area contributed by atoms with E-state index in [0.717, 1.165) is 25.7 Å². The van der Waals surface area contributed by atoms with Crippen LogP contribution in [0.5, 0.6) is 0 Å². The van der Waals surface area contributed by atoms with Gasteiger partial charge in [0.15, 0.2) is 0 Å². The van der Waals surface area contributed by atoms with Gasteiger partial charge >= 0.3 is 11.9 Å². The maximum atomic E-state index is 12.7. The van der Waals surface area contributed by atoms with E-state index in [1.54, 1.807) is 0 Å². The Morgan fingerprint density at radius 2 is 2.04 bits per heavy atom. The summed E-state index contributed by atoms with van der Waals surface area (Å²) in [6.07, 6.45) is 3.58. The minimum atomic E-state index is -0.883. The molecule has 0 radical (unpaired) electrons. The molecule has 1 saturated heterocycles. The van der Waals surface area contributed by atoms with Crippen LogP contribution in [-0.2, 0) is 14.3 Å². The lowest BCUT2D eigenvalue weighted by atomic mass is 9.59. The zero-order valence-corrected chi connectivity index (χ0v) is 14.0. The number of ether oxygens (including phenoxy) is 1. The van der Waals surface area contributed by atoms with E-state index in [2.05, 4.69) is 6.58 Å². The van der Waals surface area contributed by atoms with Crippen LogP contribution >= 0.6 is 0 Å². The van der Waals surface area contributed by atoms with E-state index < -0.39 is 29.0 Å². The number of carboxylic acids is 1. The first-order chi connectivity index (χ1) is 11.2. The minimum absolute atomic E-state index is 0.0346. The highest BCUT2D eigenvalue weighted by molar-refractivity contribution is 5.84. The monoisotopic (exact) mass is 332 g/mol. The molecule has 2 N–H and O–H groups in total. The number of rotatable bonds is 1. The number of aliphatic carboxylic acids is 1. The third-order valence-corrected chi connectivity index (χ3v) is 8.24. The molecular formula is C19H24O5. The Morgan fingerprint density at radius 1 is 1.29 bits per heavy atom. The summed E-state index contributed by atoms with van der Waals surface area (Å²) in [5.41, 5.74) is -0.844. The molecule has 0 amide bonds. The van der Waals surface area contributed by atoms with Crippen LogP contribution in [0.2, 0.25) is 0 Å². The molecule has 1 heterocycles. The van der Waals surface area contributed by atoms with Crippen LogP contribution in [-0.4, -0.2) is 33.9 Å². The summed E-state index contributed by atoms with van der Waals surface area (Å²) in [5, 5.41) is 20.6. The van der Waals surface area contributed by atoms with Gasteiger partial charge in [0.25, 0.3) is 0 Å². The standard InChI is InChI=1S/C19H24O5/c1-9-5-18-6-10(9)3-4-12(18)19-8-11(20)7-17(2,16(23)24-19)14(19)13(18)15(21)22/h10-14,20H,1,3-8H2,2H3,(H,21,22)/t10-,11+,12-,13-,14-,17-,18+,19-/m1/s1. The molecule has 130 valence electrons. The maximum Gasteiger partial charge on any atom is 0.312 e. The fourth-order valence-corrected chi connectivity index (χ4v) is 7.78. The van der Waals surface area contributed by atoms with Crippen LogP contribution in [0.3, 0.4) is 0 Å². The van der Waals surface area contributed by atoms with Crippen molar-refractivity contribution < 1.29 is 24.5 Å². The van der Waals surface area contributed by atoms with Crippen LogP contribution in [0.15, 0.2) is 12.2 Å². The van der Waals surface area contributed by atoms with Gasteiger partial charge in [-0.2, -0.15) is 0 Å². The Balaban J connectivity index is 1.75. The fourth-order valence-electron chi connectivity index (χ4n) is 7.78. The normalized spacial score (nSPS) is 57.5. The molecule has 5 aliphatic rings. The van der Waals surface area contributed by atoms with Crippen LogP contribution in [0.1, 0.15) is 45.4 Å². The highest BCUT2D eigenvalue weighted by atomic mass is 16.6. The summed E-state index contributed by atoms with van der Waals surface area (Å²) in [4.78, 5) is 25.1. The van der Waals surface area contributed by atoms with Crippen molar-refractivity contribution in [2.45, 2.75) is 57.2 Å². The molecule has 4 saturated carbocycles. The molecule has 5 nitrogen and oxygen atoms in total. The number of hydrogen-bond acceptors (Lipinski definition) is 4. The number of fused-ring (bicyclic) bond motifs is 1. The number of allylic oxidation sites excluding steroid dienone is 1. The first kappa shape index (κ1) is 14.9. The third kappa shape index (κ3) is 1.36. The Morgan fingerprint density at radius 3 is 2.75 bits per heavy atom. The summed E-state index contributed by atoms with van der Waals surface area (Å²) in [7, 11) is 0.